The smallest absolute Gasteiger partial charge is 0.271 e. The minimum absolute atomic E-state index is 0.155. The zero-order valence-corrected chi connectivity index (χ0v) is 14.1. The standard InChI is InChI=1S/C19H28N2O2/c1-2-3-4-8-15-23-18-13-11-16(12-14-18)19(22)21-20-17-9-6-5-7-10-17/h11-14H,2-10,15H2,1H3,(H,21,22). The van der Waals surface area contributed by atoms with Crippen LogP contribution in [0.25, 0.3) is 0 Å². The number of hydrogen-bond acceptors (Lipinski definition) is 3. The van der Waals surface area contributed by atoms with E-state index in [-0.39, 0.29) is 5.91 Å². The van der Waals surface area contributed by atoms with Gasteiger partial charge in [-0.1, -0.05) is 32.6 Å². The lowest BCUT2D eigenvalue weighted by Crippen LogP contribution is -2.20. The van der Waals surface area contributed by atoms with Gasteiger partial charge in [0.15, 0.2) is 0 Å². The fourth-order valence-electron chi connectivity index (χ4n) is 2.69. The highest BCUT2D eigenvalue weighted by Crippen LogP contribution is 2.15. The monoisotopic (exact) mass is 316 g/mol. The molecule has 0 spiro atoms. The van der Waals surface area contributed by atoms with Crippen LogP contribution in [-0.4, -0.2) is 18.2 Å². The van der Waals surface area contributed by atoms with Gasteiger partial charge in [-0.2, -0.15) is 5.10 Å². The Morgan fingerprint density at radius 2 is 1.83 bits per heavy atom. The molecule has 23 heavy (non-hydrogen) atoms. The van der Waals surface area contributed by atoms with Gasteiger partial charge in [-0.25, -0.2) is 5.43 Å². The Balaban J connectivity index is 1.75. The molecule has 0 bridgehead atoms. The van der Waals surface area contributed by atoms with Crippen molar-refractivity contribution in [2.75, 3.05) is 6.61 Å². The van der Waals surface area contributed by atoms with Crippen LogP contribution in [0.1, 0.15) is 75.1 Å². The Bertz CT molecular complexity index is 501. The number of carbonyl (C=O) groups is 1. The van der Waals surface area contributed by atoms with E-state index in [1.807, 2.05) is 12.1 Å². The van der Waals surface area contributed by atoms with Crippen molar-refractivity contribution in [3.05, 3.63) is 29.8 Å². The SMILES string of the molecule is CCCCCCOc1ccc(C(=O)NN=C2CCCCC2)cc1. The molecular formula is C19H28N2O2. The number of ether oxygens (including phenoxy) is 1. The predicted octanol–water partition coefficient (Wildman–Crippen LogP) is 4.70. The first kappa shape index (κ1) is 17.5. The molecule has 1 aromatic carbocycles. The lowest BCUT2D eigenvalue weighted by molar-refractivity contribution is 0.0954. The molecule has 2 rings (SSSR count). The molecule has 1 saturated carbocycles. The lowest BCUT2D eigenvalue weighted by atomic mass is 9.99. The molecule has 1 aliphatic carbocycles. The van der Waals surface area contributed by atoms with E-state index in [0.29, 0.717) is 5.56 Å². The molecule has 126 valence electrons. The number of hydrazone groups is 1. The van der Waals surface area contributed by atoms with E-state index in [2.05, 4.69) is 17.5 Å². The number of rotatable bonds is 8. The Labute approximate surface area is 139 Å². The van der Waals surface area contributed by atoms with Crippen molar-refractivity contribution in [1.82, 2.24) is 5.43 Å². The van der Waals surface area contributed by atoms with E-state index in [1.165, 1.54) is 38.5 Å². The predicted molar refractivity (Wildman–Crippen MR) is 94.1 cm³/mol. The summed E-state index contributed by atoms with van der Waals surface area (Å²) in [5.41, 5.74) is 4.39. The van der Waals surface area contributed by atoms with Gasteiger partial charge in [0.05, 0.1) is 6.61 Å². The first-order valence-electron chi connectivity index (χ1n) is 8.88. The van der Waals surface area contributed by atoms with E-state index in [4.69, 9.17) is 4.74 Å². The van der Waals surface area contributed by atoms with Crippen molar-refractivity contribution in [2.24, 2.45) is 5.10 Å². The average Bonchev–Trinajstić information content (AvgIpc) is 2.61. The third-order valence-electron chi connectivity index (χ3n) is 4.13. The van der Waals surface area contributed by atoms with E-state index >= 15 is 0 Å². The fraction of sp³-hybridized carbons (Fsp3) is 0.579. The Morgan fingerprint density at radius 1 is 1.09 bits per heavy atom. The quantitative estimate of drug-likeness (QED) is 0.558. The summed E-state index contributed by atoms with van der Waals surface area (Å²) >= 11 is 0. The van der Waals surface area contributed by atoms with Crippen molar-refractivity contribution in [2.45, 2.75) is 64.7 Å². The second-order valence-electron chi connectivity index (χ2n) is 6.11. The molecule has 1 N–H and O–H groups in total. The van der Waals surface area contributed by atoms with E-state index in [0.717, 1.165) is 37.3 Å². The zero-order valence-electron chi connectivity index (χ0n) is 14.1. The average molecular weight is 316 g/mol. The van der Waals surface area contributed by atoms with E-state index in [1.54, 1.807) is 12.1 Å². The number of nitrogens with one attached hydrogen (secondary N) is 1. The summed E-state index contributed by atoms with van der Waals surface area (Å²) < 4.78 is 5.68. The lowest BCUT2D eigenvalue weighted by Gasteiger charge is -2.12. The minimum atomic E-state index is -0.155. The van der Waals surface area contributed by atoms with Gasteiger partial charge in [-0.15, -0.1) is 0 Å². The third kappa shape index (κ3) is 6.43. The van der Waals surface area contributed by atoms with Crippen molar-refractivity contribution < 1.29 is 9.53 Å². The third-order valence-corrected chi connectivity index (χ3v) is 4.13. The number of nitrogens with zero attached hydrogens (tertiary/aromatic N) is 1. The number of unbranched alkanes of at least 4 members (excludes halogenated alkanes) is 3. The van der Waals surface area contributed by atoms with Gasteiger partial charge in [-0.3, -0.25) is 4.79 Å². The van der Waals surface area contributed by atoms with Gasteiger partial charge in [-0.05, 0) is 56.4 Å². The van der Waals surface area contributed by atoms with Crippen molar-refractivity contribution in [3.8, 4) is 5.75 Å². The molecule has 0 atom stereocenters. The summed E-state index contributed by atoms with van der Waals surface area (Å²) in [5, 5.41) is 4.25. The summed E-state index contributed by atoms with van der Waals surface area (Å²) in [6.07, 6.45) is 10.4. The second kappa shape index (κ2) is 10.0. The first-order valence-corrected chi connectivity index (χ1v) is 8.88. The van der Waals surface area contributed by atoms with Crippen LogP contribution in [0.15, 0.2) is 29.4 Å². The Hall–Kier alpha value is -1.84. The number of carbonyl (C=O) groups excluding carboxylic acids is 1. The van der Waals surface area contributed by atoms with Crippen molar-refractivity contribution in [3.63, 3.8) is 0 Å². The molecular weight excluding hydrogens is 288 g/mol. The van der Waals surface area contributed by atoms with Gasteiger partial charge < -0.3 is 4.74 Å². The van der Waals surface area contributed by atoms with Crippen LogP contribution in [0.3, 0.4) is 0 Å². The largest absolute Gasteiger partial charge is 0.494 e. The highest BCUT2D eigenvalue weighted by molar-refractivity contribution is 5.95. The van der Waals surface area contributed by atoms with Gasteiger partial charge in [0.25, 0.3) is 5.91 Å². The van der Waals surface area contributed by atoms with Gasteiger partial charge in [0.2, 0.25) is 0 Å². The van der Waals surface area contributed by atoms with E-state index < -0.39 is 0 Å². The molecule has 1 aromatic rings. The molecule has 1 amide bonds. The van der Waals surface area contributed by atoms with Crippen molar-refractivity contribution in [1.29, 1.82) is 0 Å². The molecule has 0 radical (unpaired) electrons. The molecule has 4 heteroatoms. The summed E-state index contributed by atoms with van der Waals surface area (Å²) in [6, 6.07) is 7.28. The molecule has 0 heterocycles. The van der Waals surface area contributed by atoms with Crippen LogP contribution in [0, 0.1) is 0 Å². The van der Waals surface area contributed by atoms with Crippen LogP contribution in [0.2, 0.25) is 0 Å². The van der Waals surface area contributed by atoms with Gasteiger partial charge >= 0.3 is 0 Å². The maximum atomic E-state index is 12.1. The highest BCUT2D eigenvalue weighted by atomic mass is 16.5. The number of benzene rings is 1. The van der Waals surface area contributed by atoms with Crippen LogP contribution in [0.4, 0.5) is 0 Å². The number of amides is 1. The van der Waals surface area contributed by atoms with Crippen LogP contribution >= 0.6 is 0 Å². The van der Waals surface area contributed by atoms with Crippen molar-refractivity contribution >= 4 is 11.6 Å². The number of hydrogen-bond donors (Lipinski definition) is 1. The van der Waals surface area contributed by atoms with Crippen LogP contribution in [0.5, 0.6) is 5.75 Å². The Kier molecular flexibility index (Phi) is 7.64. The fourth-order valence-corrected chi connectivity index (χ4v) is 2.69. The second-order valence-corrected chi connectivity index (χ2v) is 6.11. The summed E-state index contributed by atoms with van der Waals surface area (Å²) in [4.78, 5) is 12.1. The van der Waals surface area contributed by atoms with Gasteiger partial charge in [0.1, 0.15) is 5.75 Å². The maximum Gasteiger partial charge on any atom is 0.271 e. The Morgan fingerprint density at radius 3 is 2.52 bits per heavy atom. The van der Waals surface area contributed by atoms with E-state index in [9.17, 15) is 4.79 Å². The molecule has 0 saturated heterocycles. The summed E-state index contributed by atoms with van der Waals surface area (Å²) in [6.45, 7) is 2.93. The van der Waals surface area contributed by atoms with Crippen LogP contribution < -0.4 is 10.2 Å². The minimum Gasteiger partial charge on any atom is -0.494 e. The maximum absolute atomic E-state index is 12.1. The molecule has 0 aliphatic heterocycles. The summed E-state index contributed by atoms with van der Waals surface area (Å²) in [7, 11) is 0. The van der Waals surface area contributed by atoms with Gasteiger partial charge in [0, 0.05) is 11.3 Å². The molecule has 1 aliphatic rings. The molecule has 1 fully saturated rings. The molecule has 0 aromatic heterocycles. The molecule has 4 nitrogen and oxygen atoms in total. The first-order chi connectivity index (χ1) is 11.3. The topological polar surface area (TPSA) is 50.7 Å². The highest BCUT2D eigenvalue weighted by Gasteiger charge is 2.09. The molecule has 0 unspecified atom stereocenters. The van der Waals surface area contributed by atoms with Crippen LogP contribution in [-0.2, 0) is 0 Å². The normalized spacial score (nSPS) is 14.4. The summed E-state index contributed by atoms with van der Waals surface area (Å²) in [5.74, 6) is 0.661. The zero-order chi connectivity index (χ0) is 16.3.